The van der Waals surface area contributed by atoms with Crippen molar-refractivity contribution in [2.45, 2.75) is 18.9 Å². The number of nitrogens with one attached hydrogen (secondary N) is 2. The predicted molar refractivity (Wildman–Crippen MR) is 113 cm³/mol. The molecule has 0 aliphatic carbocycles. The summed E-state index contributed by atoms with van der Waals surface area (Å²) in [6.07, 6.45) is 2.53. The number of hydrogen-bond donors (Lipinski definition) is 2. The highest BCUT2D eigenvalue weighted by Gasteiger charge is 2.27. The van der Waals surface area contributed by atoms with Crippen LogP contribution in [0.1, 0.15) is 40.4 Å². The highest BCUT2D eigenvalue weighted by molar-refractivity contribution is 7.80. The maximum absolute atomic E-state index is 11.6. The minimum Gasteiger partial charge on any atom is -0.497 e. The van der Waals surface area contributed by atoms with Crippen LogP contribution in [-0.4, -0.2) is 44.8 Å². The van der Waals surface area contributed by atoms with Gasteiger partial charge in [-0.25, -0.2) is 4.79 Å². The van der Waals surface area contributed by atoms with Crippen molar-refractivity contribution in [1.29, 1.82) is 0 Å². The Hall–Kier alpha value is -2.44. The molecule has 0 aromatic heterocycles. The minimum absolute atomic E-state index is 0.334. The first-order valence-electron chi connectivity index (χ1n) is 9.57. The van der Waals surface area contributed by atoms with Crippen LogP contribution in [0.25, 0.3) is 0 Å². The molecule has 1 atom stereocenters. The number of carbonyl (C=O) groups is 1. The van der Waals surface area contributed by atoms with E-state index in [0.717, 1.165) is 17.9 Å². The number of methoxy groups -OCH3 is 2. The Morgan fingerprint density at radius 3 is 2.21 bits per heavy atom. The number of thiocarbonyl (C=S) groups is 1. The van der Waals surface area contributed by atoms with E-state index in [4.69, 9.17) is 21.7 Å². The molecular formula is C22H27N2O3S+. The molecule has 0 bridgehead atoms. The van der Waals surface area contributed by atoms with Crippen molar-refractivity contribution in [1.82, 2.24) is 5.32 Å². The third-order valence-corrected chi connectivity index (χ3v) is 5.67. The minimum atomic E-state index is -0.345. The van der Waals surface area contributed by atoms with Gasteiger partial charge in [-0.05, 0) is 36.4 Å². The van der Waals surface area contributed by atoms with Crippen LogP contribution in [0.4, 0.5) is 0 Å². The lowest BCUT2D eigenvalue weighted by atomic mass is 10.0. The van der Waals surface area contributed by atoms with Crippen LogP contribution < -0.4 is 15.0 Å². The van der Waals surface area contributed by atoms with Crippen molar-refractivity contribution in [3.63, 3.8) is 0 Å². The molecule has 1 fully saturated rings. The Morgan fingerprint density at radius 1 is 1.04 bits per heavy atom. The van der Waals surface area contributed by atoms with Crippen molar-refractivity contribution in [3.05, 3.63) is 65.2 Å². The van der Waals surface area contributed by atoms with E-state index in [9.17, 15) is 4.79 Å². The fourth-order valence-corrected chi connectivity index (χ4v) is 3.90. The van der Waals surface area contributed by atoms with Gasteiger partial charge in [0.15, 0.2) is 0 Å². The third-order valence-electron chi connectivity index (χ3n) is 5.29. The molecule has 28 heavy (non-hydrogen) atoms. The van der Waals surface area contributed by atoms with Gasteiger partial charge in [-0.1, -0.05) is 24.4 Å². The largest absolute Gasteiger partial charge is 0.497 e. The van der Waals surface area contributed by atoms with Crippen molar-refractivity contribution in [2.24, 2.45) is 0 Å². The molecule has 2 aromatic rings. The summed E-state index contributed by atoms with van der Waals surface area (Å²) in [5, 5.41) is 3.43. The number of benzene rings is 2. The van der Waals surface area contributed by atoms with Gasteiger partial charge in [0.1, 0.15) is 16.8 Å². The molecule has 0 radical (unpaired) electrons. The lowest BCUT2D eigenvalue weighted by molar-refractivity contribution is -0.918. The van der Waals surface area contributed by atoms with Gasteiger partial charge < -0.3 is 19.7 Å². The van der Waals surface area contributed by atoms with Crippen LogP contribution >= 0.6 is 12.2 Å². The van der Waals surface area contributed by atoms with Gasteiger partial charge in [0.05, 0.1) is 39.4 Å². The summed E-state index contributed by atoms with van der Waals surface area (Å²) in [5.74, 6) is 0.524. The number of likely N-dealkylation sites (tertiary alicyclic amines) is 1. The normalized spacial score (nSPS) is 15.1. The second-order valence-electron chi connectivity index (χ2n) is 6.97. The van der Waals surface area contributed by atoms with E-state index in [1.165, 1.54) is 38.6 Å². The summed E-state index contributed by atoms with van der Waals surface area (Å²) in [4.78, 5) is 13.8. The van der Waals surface area contributed by atoms with Crippen LogP contribution in [-0.2, 0) is 4.74 Å². The molecule has 6 heteroatoms. The molecule has 5 nitrogen and oxygen atoms in total. The van der Waals surface area contributed by atoms with Crippen LogP contribution in [0, 0.1) is 0 Å². The number of carbonyl (C=O) groups excluding carboxylic acids is 1. The van der Waals surface area contributed by atoms with Crippen LogP contribution in [0.2, 0.25) is 0 Å². The zero-order valence-corrected chi connectivity index (χ0v) is 17.2. The molecule has 3 rings (SSSR count). The van der Waals surface area contributed by atoms with Crippen LogP contribution in [0.3, 0.4) is 0 Å². The highest BCUT2D eigenvalue weighted by atomic mass is 32.1. The fourth-order valence-electron chi connectivity index (χ4n) is 3.68. The molecule has 2 N–H and O–H groups in total. The average Bonchev–Trinajstić information content (AvgIpc) is 3.28. The van der Waals surface area contributed by atoms with E-state index in [0.29, 0.717) is 16.6 Å². The van der Waals surface area contributed by atoms with Gasteiger partial charge in [0.2, 0.25) is 0 Å². The maximum atomic E-state index is 11.6. The summed E-state index contributed by atoms with van der Waals surface area (Å²) in [5.41, 5.74) is 2.70. The Kier molecular flexibility index (Phi) is 7.01. The van der Waals surface area contributed by atoms with Gasteiger partial charge in [-0.3, -0.25) is 0 Å². The number of rotatable bonds is 7. The summed E-state index contributed by atoms with van der Waals surface area (Å²) >= 11 is 5.58. The average molecular weight is 400 g/mol. The lowest BCUT2D eigenvalue weighted by Gasteiger charge is -2.26. The topological polar surface area (TPSA) is 52.0 Å². The number of esters is 1. The molecule has 1 aliphatic heterocycles. The second kappa shape index (κ2) is 9.66. The Bertz CT molecular complexity index is 800. The molecule has 1 aliphatic rings. The van der Waals surface area contributed by atoms with E-state index in [2.05, 4.69) is 17.4 Å². The van der Waals surface area contributed by atoms with Crippen molar-refractivity contribution < 1.29 is 19.2 Å². The summed E-state index contributed by atoms with van der Waals surface area (Å²) < 4.78 is 10.0. The zero-order valence-electron chi connectivity index (χ0n) is 16.4. The smallest absolute Gasteiger partial charge is 0.337 e. The summed E-state index contributed by atoms with van der Waals surface area (Å²) in [7, 11) is 3.06. The van der Waals surface area contributed by atoms with Gasteiger partial charge in [-0.2, -0.15) is 0 Å². The Balaban J connectivity index is 1.68. The quantitative estimate of drug-likeness (QED) is 0.552. The predicted octanol–water partition coefficient (Wildman–Crippen LogP) is 2.17. The zero-order chi connectivity index (χ0) is 19.9. The summed E-state index contributed by atoms with van der Waals surface area (Å²) in [6.45, 7) is 3.12. The maximum Gasteiger partial charge on any atom is 0.337 e. The number of ether oxygens (including phenoxy) is 2. The standard InChI is InChI=1S/C22H26N2O3S/c1-26-19-11-9-16(10-12-19)20(24-13-3-4-14-24)15-23-21(28)17-5-7-18(8-6-17)22(25)27-2/h5-12,20H,3-4,13-15H2,1-2H3,(H,23,28)/p+1/t20-/m0/s1. The van der Waals surface area contributed by atoms with Gasteiger partial charge in [-0.15, -0.1) is 0 Å². The number of quaternary nitrogens is 1. The van der Waals surface area contributed by atoms with Gasteiger partial charge in [0.25, 0.3) is 0 Å². The van der Waals surface area contributed by atoms with Gasteiger partial charge >= 0.3 is 5.97 Å². The molecule has 1 saturated heterocycles. The Labute approximate surface area is 171 Å². The van der Waals surface area contributed by atoms with E-state index in [1.807, 2.05) is 24.3 Å². The summed E-state index contributed by atoms with van der Waals surface area (Å²) in [6, 6.07) is 15.8. The van der Waals surface area contributed by atoms with Crippen molar-refractivity contribution >= 4 is 23.2 Å². The Morgan fingerprint density at radius 2 is 1.64 bits per heavy atom. The fraction of sp³-hybridized carbons (Fsp3) is 0.364. The molecule has 0 spiro atoms. The van der Waals surface area contributed by atoms with Crippen molar-refractivity contribution in [2.75, 3.05) is 33.9 Å². The van der Waals surface area contributed by atoms with E-state index in [-0.39, 0.29) is 5.97 Å². The first kappa shape index (κ1) is 20.3. The molecule has 2 aromatic carbocycles. The molecule has 0 amide bonds. The monoisotopic (exact) mass is 399 g/mol. The first-order chi connectivity index (χ1) is 13.6. The SMILES string of the molecule is COC(=O)c1ccc(C(=S)NC[C@@H](c2ccc(OC)cc2)[NH+]2CCCC2)cc1. The van der Waals surface area contributed by atoms with Crippen LogP contribution in [0.15, 0.2) is 48.5 Å². The second-order valence-corrected chi connectivity index (χ2v) is 7.38. The molecule has 1 heterocycles. The van der Waals surface area contributed by atoms with E-state index < -0.39 is 0 Å². The van der Waals surface area contributed by atoms with Crippen LogP contribution in [0.5, 0.6) is 5.75 Å². The third kappa shape index (κ3) is 4.88. The first-order valence-corrected chi connectivity index (χ1v) is 9.98. The molecule has 148 valence electrons. The lowest BCUT2D eigenvalue weighted by Crippen LogP contribution is -3.11. The van der Waals surface area contributed by atoms with Gasteiger partial charge in [0, 0.05) is 24.0 Å². The molecular weight excluding hydrogens is 372 g/mol. The van der Waals surface area contributed by atoms with E-state index in [1.54, 1.807) is 24.1 Å². The van der Waals surface area contributed by atoms with Crippen molar-refractivity contribution in [3.8, 4) is 5.75 Å². The molecule has 0 saturated carbocycles. The highest BCUT2D eigenvalue weighted by Crippen LogP contribution is 2.17. The molecule has 0 unspecified atom stereocenters. The van der Waals surface area contributed by atoms with E-state index >= 15 is 0 Å². The number of hydrogen-bond acceptors (Lipinski definition) is 4.